The maximum absolute atomic E-state index is 11.9. The molecule has 0 radical (unpaired) electrons. The van der Waals surface area contributed by atoms with Crippen LogP contribution in [0.15, 0.2) is 30.5 Å². The van der Waals surface area contributed by atoms with Gasteiger partial charge in [0, 0.05) is 47.9 Å². The molecule has 2 aromatic heterocycles. The third-order valence-corrected chi connectivity index (χ3v) is 5.14. The van der Waals surface area contributed by atoms with E-state index >= 15 is 0 Å². The maximum Gasteiger partial charge on any atom is 0.321 e. The van der Waals surface area contributed by atoms with Crippen molar-refractivity contribution in [3.05, 3.63) is 53.0 Å². The molecule has 136 valence electrons. The van der Waals surface area contributed by atoms with E-state index < -0.39 is 12.0 Å². The number of aliphatic carboxylic acids is 1. The SMILES string of the molecule is Cc1nn(CCO)cc1CN1Cc2[nH]c3ccccc3c2C[C@H]1C(=O)O. The number of aliphatic hydroxyl groups is 1. The summed E-state index contributed by atoms with van der Waals surface area (Å²) in [5.74, 6) is -0.804. The Morgan fingerprint density at radius 2 is 2.19 bits per heavy atom. The van der Waals surface area contributed by atoms with Crippen LogP contribution in [0.1, 0.15) is 22.5 Å². The van der Waals surface area contributed by atoms with Crippen LogP contribution < -0.4 is 0 Å². The molecule has 3 N–H and O–H groups in total. The van der Waals surface area contributed by atoms with Crippen LogP contribution in [0, 0.1) is 6.92 Å². The Balaban J connectivity index is 1.66. The lowest BCUT2D eigenvalue weighted by molar-refractivity contribution is -0.144. The van der Waals surface area contributed by atoms with Crippen LogP contribution in [0.2, 0.25) is 0 Å². The molecule has 26 heavy (non-hydrogen) atoms. The van der Waals surface area contributed by atoms with Gasteiger partial charge in [-0.15, -0.1) is 0 Å². The predicted molar refractivity (Wildman–Crippen MR) is 96.7 cm³/mol. The van der Waals surface area contributed by atoms with Gasteiger partial charge in [-0.1, -0.05) is 18.2 Å². The van der Waals surface area contributed by atoms with E-state index in [4.69, 9.17) is 5.11 Å². The molecule has 7 heteroatoms. The number of aromatic amines is 1. The molecular weight excluding hydrogens is 332 g/mol. The molecule has 3 heterocycles. The van der Waals surface area contributed by atoms with Crippen molar-refractivity contribution >= 4 is 16.9 Å². The van der Waals surface area contributed by atoms with Crippen molar-refractivity contribution in [2.24, 2.45) is 0 Å². The minimum absolute atomic E-state index is 0.0282. The Morgan fingerprint density at radius 3 is 2.96 bits per heavy atom. The molecule has 0 unspecified atom stereocenters. The molecule has 0 spiro atoms. The summed E-state index contributed by atoms with van der Waals surface area (Å²) in [6.45, 7) is 3.46. The van der Waals surface area contributed by atoms with Gasteiger partial charge in [0.2, 0.25) is 0 Å². The van der Waals surface area contributed by atoms with E-state index in [0.29, 0.717) is 26.1 Å². The van der Waals surface area contributed by atoms with Gasteiger partial charge in [-0.2, -0.15) is 5.10 Å². The molecule has 1 aliphatic rings. The Bertz CT molecular complexity index is 959. The van der Waals surface area contributed by atoms with Gasteiger partial charge in [0.25, 0.3) is 0 Å². The number of aryl methyl sites for hydroxylation is 1. The summed E-state index contributed by atoms with van der Waals surface area (Å²) in [6, 6.07) is 7.47. The lowest BCUT2D eigenvalue weighted by atomic mass is 9.96. The van der Waals surface area contributed by atoms with Gasteiger partial charge in [-0.25, -0.2) is 0 Å². The molecular formula is C19H22N4O3. The monoisotopic (exact) mass is 354 g/mol. The first-order valence-electron chi connectivity index (χ1n) is 8.76. The van der Waals surface area contributed by atoms with Crippen LogP contribution in [0.5, 0.6) is 0 Å². The summed E-state index contributed by atoms with van der Waals surface area (Å²) in [4.78, 5) is 17.3. The van der Waals surface area contributed by atoms with Gasteiger partial charge in [-0.3, -0.25) is 14.4 Å². The average molecular weight is 354 g/mol. The lowest BCUT2D eigenvalue weighted by Gasteiger charge is -2.32. The van der Waals surface area contributed by atoms with Crippen molar-refractivity contribution in [3.8, 4) is 0 Å². The number of nitrogens with zero attached hydrogens (tertiary/aromatic N) is 3. The summed E-state index contributed by atoms with van der Waals surface area (Å²) >= 11 is 0. The fourth-order valence-corrected chi connectivity index (χ4v) is 3.82. The maximum atomic E-state index is 11.9. The van der Waals surface area contributed by atoms with Gasteiger partial charge in [0.05, 0.1) is 18.8 Å². The van der Waals surface area contributed by atoms with E-state index in [1.54, 1.807) is 4.68 Å². The number of carboxylic acids is 1. The third kappa shape index (κ3) is 2.89. The summed E-state index contributed by atoms with van der Waals surface area (Å²) in [5.41, 5.74) is 5.10. The summed E-state index contributed by atoms with van der Waals surface area (Å²) in [5, 5.41) is 24.4. The molecule has 7 nitrogen and oxygen atoms in total. The summed E-state index contributed by atoms with van der Waals surface area (Å²) in [6.07, 6.45) is 2.38. The van der Waals surface area contributed by atoms with Crippen LogP contribution in [0.25, 0.3) is 10.9 Å². The smallest absolute Gasteiger partial charge is 0.321 e. The van der Waals surface area contributed by atoms with Gasteiger partial charge in [-0.05, 0) is 18.6 Å². The highest BCUT2D eigenvalue weighted by atomic mass is 16.4. The zero-order valence-electron chi connectivity index (χ0n) is 14.6. The van der Waals surface area contributed by atoms with E-state index in [2.05, 4.69) is 10.1 Å². The van der Waals surface area contributed by atoms with Crippen molar-refractivity contribution in [2.75, 3.05) is 6.61 Å². The Morgan fingerprint density at radius 1 is 1.38 bits per heavy atom. The van der Waals surface area contributed by atoms with Crippen molar-refractivity contribution in [3.63, 3.8) is 0 Å². The van der Waals surface area contributed by atoms with Crippen molar-refractivity contribution in [1.82, 2.24) is 19.7 Å². The van der Waals surface area contributed by atoms with Crippen LogP contribution >= 0.6 is 0 Å². The lowest BCUT2D eigenvalue weighted by Crippen LogP contribution is -2.45. The largest absolute Gasteiger partial charge is 0.480 e. The number of nitrogens with one attached hydrogen (secondary N) is 1. The number of carboxylic acid groups (broad SMARTS) is 1. The van der Waals surface area contributed by atoms with Crippen LogP contribution in [-0.4, -0.2) is 48.5 Å². The molecule has 1 atom stereocenters. The van der Waals surface area contributed by atoms with E-state index in [9.17, 15) is 9.90 Å². The van der Waals surface area contributed by atoms with Gasteiger partial charge < -0.3 is 15.2 Å². The minimum atomic E-state index is -0.804. The fourth-order valence-electron chi connectivity index (χ4n) is 3.82. The summed E-state index contributed by atoms with van der Waals surface area (Å²) < 4.78 is 1.71. The number of para-hydroxylation sites is 1. The van der Waals surface area contributed by atoms with Gasteiger partial charge in [0.1, 0.15) is 6.04 Å². The van der Waals surface area contributed by atoms with Crippen LogP contribution in [0.4, 0.5) is 0 Å². The highest BCUT2D eigenvalue weighted by molar-refractivity contribution is 5.86. The number of carbonyl (C=O) groups is 1. The zero-order valence-corrected chi connectivity index (χ0v) is 14.6. The molecule has 0 amide bonds. The molecule has 0 aliphatic carbocycles. The van der Waals surface area contributed by atoms with E-state index in [-0.39, 0.29) is 6.61 Å². The number of aromatic nitrogens is 3. The first-order valence-corrected chi connectivity index (χ1v) is 8.76. The topological polar surface area (TPSA) is 94.4 Å². The van der Waals surface area contributed by atoms with Gasteiger partial charge in [0.15, 0.2) is 0 Å². The molecule has 1 aliphatic heterocycles. The highest BCUT2D eigenvalue weighted by Crippen LogP contribution is 2.31. The van der Waals surface area contributed by atoms with Crippen molar-refractivity contribution in [1.29, 1.82) is 0 Å². The Kier molecular flexibility index (Phi) is 4.26. The second kappa shape index (κ2) is 6.59. The Hall–Kier alpha value is -2.64. The fraction of sp³-hybridized carbons (Fsp3) is 0.368. The molecule has 0 fully saturated rings. The Labute approximate surface area is 150 Å². The number of H-pyrrole nitrogens is 1. The second-order valence-corrected chi connectivity index (χ2v) is 6.82. The van der Waals surface area contributed by atoms with E-state index in [1.165, 1.54) is 0 Å². The molecule has 0 bridgehead atoms. The third-order valence-electron chi connectivity index (χ3n) is 5.14. The number of rotatable bonds is 5. The predicted octanol–water partition coefficient (Wildman–Crippen LogP) is 1.68. The van der Waals surface area contributed by atoms with Crippen molar-refractivity contribution in [2.45, 2.75) is 39.0 Å². The van der Waals surface area contributed by atoms with E-state index in [0.717, 1.165) is 33.4 Å². The first kappa shape index (κ1) is 16.8. The second-order valence-electron chi connectivity index (χ2n) is 6.82. The van der Waals surface area contributed by atoms with Gasteiger partial charge >= 0.3 is 5.97 Å². The molecule has 4 rings (SSSR count). The zero-order chi connectivity index (χ0) is 18.3. The first-order chi connectivity index (χ1) is 12.6. The molecule has 3 aromatic rings. The minimum Gasteiger partial charge on any atom is -0.480 e. The molecule has 0 saturated heterocycles. The van der Waals surface area contributed by atoms with Crippen LogP contribution in [-0.2, 0) is 30.8 Å². The average Bonchev–Trinajstić information content (AvgIpc) is 3.14. The number of hydrogen-bond acceptors (Lipinski definition) is 4. The number of hydrogen-bond donors (Lipinski definition) is 3. The molecule has 1 aromatic carbocycles. The number of fused-ring (bicyclic) bond motifs is 3. The standard InChI is InChI=1S/C19H22N4O3/c1-12-13(10-23(21-12)6-7-24)9-22-11-17-15(8-18(22)19(25)26)14-4-2-3-5-16(14)20-17/h2-5,10,18,20,24H,6-9,11H2,1H3,(H,25,26)/t18-/m0/s1. The van der Waals surface area contributed by atoms with E-state index in [1.807, 2.05) is 42.3 Å². The number of aliphatic hydroxyl groups excluding tert-OH is 1. The van der Waals surface area contributed by atoms with Crippen molar-refractivity contribution < 1.29 is 15.0 Å². The number of benzene rings is 1. The normalized spacial score (nSPS) is 17.5. The van der Waals surface area contributed by atoms with Crippen LogP contribution in [0.3, 0.4) is 0 Å². The summed E-state index contributed by atoms with van der Waals surface area (Å²) in [7, 11) is 0. The quantitative estimate of drug-likeness (QED) is 0.648. The molecule has 0 saturated carbocycles. The highest BCUT2D eigenvalue weighted by Gasteiger charge is 2.33.